The molecule has 0 aliphatic carbocycles. The predicted octanol–water partition coefficient (Wildman–Crippen LogP) is 1.80. The monoisotopic (exact) mass is 229 g/mol. The van der Waals surface area contributed by atoms with Crippen molar-refractivity contribution in [3.8, 4) is 0 Å². The number of rotatable bonds is 7. The molecule has 0 aromatic rings. The quantitative estimate of drug-likeness (QED) is 0.699. The number of hydrogen-bond acceptors (Lipinski definition) is 3. The van der Waals surface area contributed by atoms with Gasteiger partial charge >= 0.3 is 0 Å². The summed E-state index contributed by atoms with van der Waals surface area (Å²) >= 11 is 0. The lowest BCUT2D eigenvalue weighted by atomic mass is 9.87. The van der Waals surface area contributed by atoms with E-state index in [4.69, 9.17) is 9.84 Å². The van der Waals surface area contributed by atoms with Crippen molar-refractivity contribution in [1.29, 1.82) is 0 Å². The third kappa shape index (κ3) is 5.83. The number of aliphatic hydroxyl groups excluding tert-OH is 1. The Morgan fingerprint density at radius 1 is 1.31 bits per heavy atom. The van der Waals surface area contributed by atoms with Crippen LogP contribution in [0.5, 0.6) is 0 Å². The third-order valence-electron chi connectivity index (χ3n) is 3.39. The molecule has 1 aliphatic rings. The van der Waals surface area contributed by atoms with Gasteiger partial charge in [-0.15, -0.1) is 0 Å². The van der Waals surface area contributed by atoms with Crippen molar-refractivity contribution in [3.63, 3.8) is 0 Å². The fourth-order valence-electron chi connectivity index (χ4n) is 2.21. The van der Waals surface area contributed by atoms with E-state index < -0.39 is 0 Å². The highest BCUT2D eigenvalue weighted by molar-refractivity contribution is 4.73. The lowest BCUT2D eigenvalue weighted by molar-refractivity contribution is 0.0654. The van der Waals surface area contributed by atoms with Gasteiger partial charge in [-0.25, -0.2) is 0 Å². The van der Waals surface area contributed by atoms with Gasteiger partial charge in [-0.3, -0.25) is 0 Å². The van der Waals surface area contributed by atoms with Crippen molar-refractivity contribution in [3.05, 3.63) is 0 Å². The van der Waals surface area contributed by atoms with E-state index in [0.717, 1.165) is 45.1 Å². The lowest BCUT2D eigenvalue weighted by Gasteiger charge is -2.27. The Morgan fingerprint density at radius 3 is 2.62 bits per heavy atom. The molecule has 0 saturated carbocycles. The second-order valence-electron chi connectivity index (χ2n) is 5.68. The van der Waals surface area contributed by atoms with Crippen LogP contribution >= 0.6 is 0 Å². The van der Waals surface area contributed by atoms with Gasteiger partial charge < -0.3 is 15.2 Å². The Hall–Kier alpha value is -0.120. The molecular weight excluding hydrogens is 202 g/mol. The zero-order valence-electron chi connectivity index (χ0n) is 10.8. The minimum atomic E-state index is 0.300. The molecule has 0 amide bonds. The van der Waals surface area contributed by atoms with Crippen molar-refractivity contribution in [1.82, 2.24) is 5.32 Å². The molecule has 0 aromatic heterocycles. The first-order chi connectivity index (χ1) is 7.64. The van der Waals surface area contributed by atoms with Gasteiger partial charge in [0.25, 0.3) is 0 Å². The maximum absolute atomic E-state index is 8.82. The zero-order valence-corrected chi connectivity index (χ0v) is 10.8. The van der Waals surface area contributed by atoms with Crippen molar-refractivity contribution >= 4 is 0 Å². The molecule has 2 N–H and O–H groups in total. The average Bonchev–Trinajstić information content (AvgIpc) is 2.28. The fourth-order valence-corrected chi connectivity index (χ4v) is 2.21. The summed E-state index contributed by atoms with van der Waals surface area (Å²) in [6.45, 7) is 8.86. The molecule has 1 rings (SSSR count). The molecule has 0 aromatic carbocycles. The van der Waals surface area contributed by atoms with Crippen LogP contribution in [0.1, 0.15) is 39.5 Å². The summed E-state index contributed by atoms with van der Waals surface area (Å²) in [5, 5.41) is 12.4. The van der Waals surface area contributed by atoms with Crippen molar-refractivity contribution in [2.75, 3.05) is 32.9 Å². The van der Waals surface area contributed by atoms with Crippen LogP contribution in [0, 0.1) is 11.3 Å². The maximum atomic E-state index is 8.82. The van der Waals surface area contributed by atoms with Crippen LogP contribution in [0.3, 0.4) is 0 Å². The first kappa shape index (κ1) is 13.9. The Bertz CT molecular complexity index is 177. The minimum absolute atomic E-state index is 0.300. The molecule has 0 radical (unpaired) electrons. The van der Waals surface area contributed by atoms with E-state index in [1.54, 1.807) is 0 Å². The molecule has 3 heteroatoms. The van der Waals surface area contributed by atoms with Crippen molar-refractivity contribution < 1.29 is 9.84 Å². The normalized spacial score (nSPS) is 18.9. The standard InChI is InChI=1S/C13H27NO2/c1-13(2,6-3-7-15)11-14-10-12-4-8-16-9-5-12/h12,14-15H,3-11H2,1-2H3. The Labute approximate surface area is 99.6 Å². The summed E-state index contributed by atoms with van der Waals surface area (Å²) in [5.41, 5.74) is 0.300. The van der Waals surface area contributed by atoms with Gasteiger partial charge in [-0.2, -0.15) is 0 Å². The highest BCUT2D eigenvalue weighted by atomic mass is 16.5. The van der Waals surface area contributed by atoms with Crippen LogP contribution in [0.15, 0.2) is 0 Å². The largest absolute Gasteiger partial charge is 0.396 e. The van der Waals surface area contributed by atoms with Gasteiger partial charge in [-0.05, 0) is 43.6 Å². The van der Waals surface area contributed by atoms with Gasteiger partial charge in [0.15, 0.2) is 0 Å². The Kier molecular flexibility index (Phi) is 6.32. The summed E-state index contributed by atoms with van der Waals surface area (Å²) in [5.74, 6) is 0.794. The van der Waals surface area contributed by atoms with E-state index in [1.165, 1.54) is 12.8 Å². The van der Waals surface area contributed by atoms with Crippen molar-refractivity contribution in [2.45, 2.75) is 39.5 Å². The second-order valence-corrected chi connectivity index (χ2v) is 5.68. The molecule has 3 nitrogen and oxygen atoms in total. The summed E-state index contributed by atoms with van der Waals surface area (Å²) in [6.07, 6.45) is 4.39. The van der Waals surface area contributed by atoms with Gasteiger partial charge in [-0.1, -0.05) is 13.8 Å². The lowest BCUT2D eigenvalue weighted by Crippen LogP contribution is -2.34. The summed E-state index contributed by atoms with van der Waals surface area (Å²) in [4.78, 5) is 0. The maximum Gasteiger partial charge on any atom is 0.0469 e. The molecule has 96 valence electrons. The third-order valence-corrected chi connectivity index (χ3v) is 3.39. The van der Waals surface area contributed by atoms with Gasteiger partial charge in [0, 0.05) is 26.4 Å². The number of hydrogen-bond donors (Lipinski definition) is 2. The zero-order chi connectivity index (χ0) is 11.9. The highest BCUT2D eigenvalue weighted by Crippen LogP contribution is 2.21. The van der Waals surface area contributed by atoms with E-state index in [-0.39, 0.29) is 0 Å². The molecule has 1 fully saturated rings. The summed E-state index contributed by atoms with van der Waals surface area (Å²) in [6, 6.07) is 0. The number of aliphatic hydroxyl groups is 1. The Morgan fingerprint density at radius 2 is 2.00 bits per heavy atom. The van der Waals surface area contributed by atoms with E-state index >= 15 is 0 Å². The van der Waals surface area contributed by atoms with E-state index in [0.29, 0.717) is 12.0 Å². The molecule has 1 heterocycles. The first-order valence-electron chi connectivity index (χ1n) is 6.53. The van der Waals surface area contributed by atoms with Crippen LogP contribution in [-0.4, -0.2) is 38.0 Å². The molecule has 0 spiro atoms. The smallest absolute Gasteiger partial charge is 0.0469 e. The topological polar surface area (TPSA) is 41.5 Å². The highest BCUT2D eigenvalue weighted by Gasteiger charge is 2.18. The SMILES string of the molecule is CC(C)(CCCO)CNCC1CCOCC1. The van der Waals surface area contributed by atoms with Crippen LogP contribution in [0.25, 0.3) is 0 Å². The van der Waals surface area contributed by atoms with E-state index in [2.05, 4.69) is 19.2 Å². The predicted molar refractivity (Wildman–Crippen MR) is 66.5 cm³/mol. The van der Waals surface area contributed by atoms with E-state index in [1.807, 2.05) is 0 Å². The molecule has 0 atom stereocenters. The number of nitrogens with one attached hydrogen (secondary N) is 1. The Balaban J connectivity index is 2.08. The molecule has 1 aliphatic heterocycles. The molecule has 0 unspecified atom stereocenters. The second kappa shape index (κ2) is 7.25. The van der Waals surface area contributed by atoms with E-state index in [9.17, 15) is 0 Å². The van der Waals surface area contributed by atoms with Crippen molar-refractivity contribution in [2.24, 2.45) is 11.3 Å². The molecule has 16 heavy (non-hydrogen) atoms. The molecule has 1 saturated heterocycles. The summed E-state index contributed by atoms with van der Waals surface area (Å²) in [7, 11) is 0. The molecular formula is C13H27NO2. The minimum Gasteiger partial charge on any atom is -0.396 e. The van der Waals surface area contributed by atoms with Crippen LogP contribution in [0.2, 0.25) is 0 Å². The van der Waals surface area contributed by atoms with Gasteiger partial charge in [0.1, 0.15) is 0 Å². The van der Waals surface area contributed by atoms with Crippen LogP contribution in [-0.2, 0) is 4.74 Å². The fraction of sp³-hybridized carbons (Fsp3) is 1.00. The average molecular weight is 229 g/mol. The van der Waals surface area contributed by atoms with Gasteiger partial charge in [0.2, 0.25) is 0 Å². The van der Waals surface area contributed by atoms with Gasteiger partial charge in [0.05, 0.1) is 0 Å². The first-order valence-corrected chi connectivity index (χ1v) is 6.53. The summed E-state index contributed by atoms with van der Waals surface area (Å²) < 4.78 is 5.34. The molecule has 0 bridgehead atoms. The van der Waals surface area contributed by atoms with Crippen LogP contribution in [0.4, 0.5) is 0 Å². The van der Waals surface area contributed by atoms with Crippen LogP contribution < -0.4 is 5.32 Å². The number of ether oxygens (including phenoxy) is 1.